The largest absolute Gasteiger partial charge is 0.368 e. The van der Waals surface area contributed by atoms with Crippen LogP contribution in [0, 0.1) is 0 Å². The third-order valence-electron chi connectivity index (χ3n) is 1.93. The number of aliphatic hydroxyl groups excluding tert-OH is 1. The molecular weight excluding hydrogens is 166 g/mol. The fourth-order valence-corrected chi connectivity index (χ4v) is 1.42. The van der Waals surface area contributed by atoms with Gasteiger partial charge in [0.1, 0.15) is 6.23 Å². The second kappa shape index (κ2) is 7.30. The summed E-state index contributed by atoms with van der Waals surface area (Å²) in [4.78, 5) is 2.24. The first kappa shape index (κ1) is 12.9. The van der Waals surface area contributed by atoms with Crippen molar-refractivity contribution in [1.29, 1.82) is 0 Å². The average molecular weight is 189 g/mol. The van der Waals surface area contributed by atoms with Gasteiger partial charge in [-0.25, -0.2) is 0 Å². The summed E-state index contributed by atoms with van der Waals surface area (Å²) in [5.41, 5.74) is 0. The van der Waals surface area contributed by atoms with E-state index >= 15 is 0 Å². The summed E-state index contributed by atoms with van der Waals surface area (Å²) in [6, 6.07) is 0. The summed E-state index contributed by atoms with van der Waals surface area (Å²) in [6.07, 6.45) is 1.58. The maximum Gasteiger partial charge on any atom is 0.153 e. The van der Waals surface area contributed by atoms with E-state index in [4.69, 9.17) is 9.84 Å². The van der Waals surface area contributed by atoms with Gasteiger partial charge in [-0.3, -0.25) is 4.90 Å². The van der Waals surface area contributed by atoms with Crippen molar-refractivity contribution in [3.8, 4) is 0 Å². The minimum absolute atomic E-state index is 0.0138. The fourth-order valence-electron chi connectivity index (χ4n) is 1.42. The monoisotopic (exact) mass is 189 g/mol. The molecule has 0 spiro atoms. The Morgan fingerprint density at radius 3 is 1.92 bits per heavy atom. The van der Waals surface area contributed by atoms with Gasteiger partial charge in [-0.15, -0.1) is 0 Å². The Balaban J connectivity index is 3.86. The summed E-state index contributed by atoms with van der Waals surface area (Å²) >= 11 is 0. The number of nitrogens with zero attached hydrogens (tertiary/aromatic N) is 1. The lowest BCUT2D eigenvalue weighted by molar-refractivity contribution is -0.166. The SMILES string of the molecule is CCCN(CCC)C(C)OC(C)O. The van der Waals surface area contributed by atoms with Gasteiger partial charge in [-0.1, -0.05) is 13.8 Å². The predicted molar refractivity (Wildman–Crippen MR) is 54.4 cm³/mol. The normalized spacial score (nSPS) is 16.2. The minimum atomic E-state index is -0.675. The van der Waals surface area contributed by atoms with E-state index < -0.39 is 6.29 Å². The Morgan fingerprint density at radius 2 is 1.62 bits per heavy atom. The first-order valence-electron chi connectivity index (χ1n) is 5.19. The Hall–Kier alpha value is -0.120. The van der Waals surface area contributed by atoms with Crippen LogP contribution >= 0.6 is 0 Å². The molecule has 0 heterocycles. The number of aliphatic hydroxyl groups is 1. The Morgan fingerprint density at radius 1 is 1.15 bits per heavy atom. The highest BCUT2D eigenvalue weighted by molar-refractivity contribution is 4.58. The summed E-state index contributed by atoms with van der Waals surface area (Å²) in [6.45, 7) is 9.99. The predicted octanol–water partition coefficient (Wildman–Crippen LogP) is 1.81. The van der Waals surface area contributed by atoms with Crippen LogP contribution in [-0.2, 0) is 4.74 Å². The van der Waals surface area contributed by atoms with Gasteiger partial charge in [0.25, 0.3) is 0 Å². The molecule has 3 nitrogen and oxygen atoms in total. The van der Waals surface area contributed by atoms with Gasteiger partial charge in [0, 0.05) is 13.1 Å². The second-order valence-corrected chi connectivity index (χ2v) is 3.37. The van der Waals surface area contributed by atoms with Crippen molar-refractivity contribution < 1.29 is 9.84 Å². The molecule has 0 radical (unpaired) electrons. The van der Waals surface area contributed by atoms with Crippen LogP contribution in [0.3, 0.4) is 0 Å². The number of hydrogen-bond donors (Lipinski definition) is 1. The van der Waals surface area contributed by atoms with Crippen LogP contribution in [0.4, 0.5) is 0 Å². The van der Waals surface area contributed by atoms with Crippen molar-refractivity contribution in [2.75, 3.05) is 13.1 Å². The highest BCUT2D eigenvalue weighted by Crippen LogP contribution is 2.05. The molecule has 0 aromatic carbocycles. The van der Waals surface area contributed by atoms with Crippen molar-refractivity contribution in [1.82, 2.24) is 4.90 Å². The van der Waals surface area contributed by atoms with Crippen molar-refractivity contribution in [3.05, 3.63) is 0 Å². The summed E-state index contributed by atoms with van der Waals surface area (Å²) in [5, 5.41) is 9.06. The molecule has 2 atom stereocenters. The number of rotatable bonds is 7. The smallest absolute Gasteiger partial charge is 0.153 e. The lowest BCUT2D eigenvalue weighted by Gasteiger charge is -2.29. The van der Waals surface area contributed by atoms with E-state index in [1.165, 1.54) is 0 Å². The van der Waals surface area contributed by atoms with Gasteiger partial charge in [0.05, 0.1) is 0 Å². The van der Waals surface area contributed by atoms with Crippen molar-refractivity contribution in [3.63, 3.8) is 0 Å². The van der Waals surface area contributed by atoms with Gasteiger partial charge < -0.3 is 9.84 Å². The molecule has 1 N–H and O–H groups in total. The molecule has 3 heteroatoms. The molecule has 0 amide bonds. The highest BCUT2D eigenvalue weighted by Gasteiger charge is 2.13. The van der Waals surface area contributed by atoms with E-state index in [1.807, 2.05) is 6.92 Å². The topological polar surface area (TPSA) is 32.7 Å². The zero-order valence-corrected chi connectivity index (χ0v) is 9.29. The highest BCUT2D eigenvalue weighted by atomic mass is 16.6. The lowest BCUT2D eigenvalue weighted by Crippen LogP contribution is -2.38. The first-order chi connectivity index (χ1) is 6.11. The Kier molecular flexibility index (Phi) is 7.23. The van der Waals surface area contributed by atoms with Gasteiger partial charge in [0.2, 0.25) is 0 Å². The molecule has 80 valence electrons. The zero-order valence-electron chi connectivity index (χ0n) is 9.29. The third-order valence-corrected chi connectivity index (χ3v) is 1.93. The van der Waals surface area contributed by atoms with E-state index in [0.717, 1.165) is 25.9 Å². The van der Waals surface area contributed by atoms with Gasteiger partial charge in [0.15, 0.2) is 6.29 Å². The fraction of sp³-hybridized carbons (Fsp3) is 1.00. The van der Waals surface area contributed by atoms with Crippen LogP contribution in [0.2, 0.25) is 0 Å². The van der Waals surface area contributed by atoms with E-state index in [1.54, 1.807) is 6.92 Å². The summed E-state index contributed by atoms with van der Waals surface area (Å²) < 4.78 is 5.30. The lowest BCUT2D eigenvalue weighted by atomic mass is 10.3. The third kappa shape index (κ3) is 6.02. The van der Waals surface area contributed by atoms with Crippen LogP contribution in [0.15, 0.2) is 0 Å². The van der Waals surface area contributed by atoms with Crippen molar-refractivity contribution in [2.24, 2.45) is 0 Å². The quantitative estimate of drug-likeness (QED) is 0.620. The van der Waals surface area contributed by atoms with E-state index in [9.17, 15) is 0 Å². The Labute approximate surface area is 81.7 Å². The van der Waals surface area contributed by atoms with Crippen molar-refractivity contribution >= 4 is 0 Å². The molecule has 0 aromatic heterocycles. The molecule has 0 aliphatic rings. The summed E-state index contributed by atoms with van der Waals surface area (Å²) in [5.74, 6) is 0. The standard InChI is InChI=1S/C10H23NO2/c1-5-7-11(8-6-2)9(3)13-10(4)12/h9-10,12H,5-8H2,1-4H3. The molecular formula is C10H23NO2. The minimum Gasteiger partial charge on any atom is -0.368 e. The molecule has 0 bridgehead atoms. The molecule has 0 rings (SSSR count). The zero-order chi connectivity index (χ0) is 10.3. The molecule has 2 unspecified atom stereocenters. The van der Waals surface area contributed by atoms with Crippen LogP contribution < -0.4 is 0 Å². The van der Waals surface area contributed by atoms with E-state index in [2.05, 4.69) is 18.7 Å². The molecule has 0 aliphatic carbocycles. The van der Waals surface area contributed by atoms with Crippen molar-refractivity contribution in [2.45, 2.75) is 53.1 Å². The molecule has 0 aromatic rings. The van der Waals surface area contributed by atoms with E-state index in [0.29, 0.717) is 0 Å². The molecule has 0 fully saturated rings. The Bertz CT molecular complexity index is 111. The number of ether oxygens (including phenoxy) is 1. The first-order valence-corrected chi connectivity index (χ1v) is 5.19. The molecule has 0 saturated carbocycles. The van der Waals surface area contributed by atoms with Crippen LogP contribution in [-0.4, -0.2) is 35.6 Å². The summed E-state index contributed by atoms with van der Waals surface area (Å²) in [7, 11) is 0. The van der Waals surface area contributed by atoms with Gasteiger partial charge >= 0.3 is 0 Å². The molecule has 0 aliphatic heterocycles. The average Bonchev–Trinajstić information content (AvgIpc) is 2.02. The van der Waals surface area contributed by atoms with Gasteiger partial charge in [-0.05, 0) is 26.7 Å². The van der Waals surface area contributed by atoms with Crippen LogP contribution in [0.25, 0.3) is 0 Å². The van der Waals surface area contributed by atoms with Crippen LogP contribution in [0.1, 0.15) is 40.5 Å². The maximum absolute atomic E-state index is 9.06. The van der Waals surface area contributed by atoms with E-state index in [-0.39, 0.29) is 6.23 Å². The van der Waals surface area contributed by atoms with Crippen LogP contribution in [0.5, 0.6) is 0 Å². The molecule has 13 heavy (non-hydrogen) atoms. The van der Waals surface area contributed by atoms with Gasteiger partial charge in [-0.2, -0.15) is 0 Å². The molecule has 0 saturated heterocycles. The maximum atomic E-state index is 9.06. The number of hydrogen-bond acceptors (Lipinski definition) is 3. The second-order valence-electron chi connectivity index (χ2n) is 3.37.